The van der Waals surface area contributed by atoms with Gasteiger partial charge in [-0.1, -0.05) is 54.6 Å². The Labute approximate surface area is 161 Å². The van der Waals surface area contributed by atoms with E-state index < -0.39 is 22.9 Å². The molecule has 0 aliphatic heterocycles. The molecule has 0 bridgehead atoms. The van der Waals surface area contributed by atoms with E-state index in [1.807, 2.05) is 42.5 Å². The van der Waals surface area contributed by atoms with E-state index in [1.165, 1.54) is 25.1 Å². The number of hydrogen-bond acceptors (Lipinski definition) is 5. The van der Waals surface area contributed by atoms with Gasteiger partial charge in [0.25, 0.3) is 11.6 Å². The third kappa shape index (κ3) is 4.32. The summed E-state index contributed by atoms with van der Waals surface area (Å²) in [6.07, 6.45) is -1.08. The van der Waals surface area contributed by atoms with Gasteiger partial charge in [0.15, 0.2) is 6.10 Å². The number of para-hydroxylation sites is 2. The van der Waals surface area contributed by atoms with Crippen LogP contribution >= 0.6 is 0 Å². The first-order chi connectivity index (χ1) is 13.5. The van der Waals surface area contributed by atoms with Crippen LogP contribution in [0.25, 0.3) is 10.8 Å². The molecule has 0 unspecified atom stereocenters. The average Bonchev–Trinajstić information content (AvgIpc) is 2.68. The summed E-state index contributed by atoms with van der Waals surface area (Å²) in [6, 6.07) is 19.1. The summed E-state index contributed by atoms with van der Waals surface area (Å²) in [5, 5.41) is 15.4. The van der Waals surface area contributed by atoms with Gasteiger partial charge < -0.3 is 10.1 Å². The predicted molar refractivity (Wildman–Crippen MR) is 105 cm³/mol. The van der Waals surface area contributed by atoms with Crippen LogP contribution in [0.2, 0.25) is 0 Å². The number of nitro benzene ring substituents is 1. The number of hydrogen-bond donors (Lipinski definition) is 1. The van der Waals surface area contributed by atoms with Crippen LogP contribution in [0.3, 0.4) is 0 Å². The molecule has 0 spiro atoms. The van der Waals surface area contributed by atoms with Crippen LogP contribution in [0.1, 0.15) is 12.5 Å². The van der Waals surface area contributed by atoms with Crippen molar-refractivity contribution >= 4 is 34.0 Å². The van der Waals surface area contributed by atoms with Gasteiger partial charge >= 0.3 is 5.97 Å². The van der Waals surface area contributed by atoms with Crippen LogP contribution < -0.4 is 5.32 Å². The molecule has 0 aromatic heterocycles. The molecular weight excluding hydrogens is 360 g/mol. The Kier molecular flexibility index (Phi) is 5.64. The fourth-order valence-corrected chi connectivity index (χ4v) is 2.87. The van der Waals surface area contributed by atoms with Crippen molar-refractivity contribution in [1.82, 2.24) is 0 Å². The van der Waals surface area contributed by atoms with Gasteiger partial charge in [0, 0.05) is 6.07 Å². The first-order valence-electron chi connectivity index (χ1n) is 8.66. The van der Waals surface area contributed by atoms with E-state index >= 15 is 0 Å². The lowest BCUT2D eigenvalue weighted by molar-refractivity contribution is -0.383. The highest BCUT2D eigenvalue weighted by Gasteiger charge is 2.22. The number of nitrogens with zero attached hydrogens (tertiary/aromatic N) is 1. The molecule has 3 aromatic rings. The van der Waals surface area contributed by atoms with Gasteiger partial charge in [0.05, 0.1) is 11.3 Å². The van der Waals surface area contributed by atoms with E-state index in [0.29, 0.717) is 0 Å². The highest BCUT2D eigenvalue weighted by molar-refractivity contribution is 5.97. The smallest absolute Gasteiger partial charge is 0.311 e. The van der Waals surface area contributed by atoms with Gasteiger partial charge in [-0.05, 0) is 29.3 Å². The van der Waals surface area contributed by atoms with Gasteiger partial charge in [0.2, 0.25) is 0 Å². The molecule has 1 atom stereocenters. The highest BCUT2D eigenvalue weighted by atomic mass is 16.6. The summed E-state index contributed by atoms with van der Waals surface area (Å²) < 4.78 is 5.22. The van der Waals surface area contributed by atoms with Crippen LogP contribution in [0.4, 0.5) is 11.4 Å². The summed E-state index contributed by atoms with van der Waals surface area (Å²) in [6.45, 7) is 1.42. The summed E-state index contributed by atoms with van der Waals surface area (Å²) in [7, 11) is 0. The number of benzene rings is 3. The van der Waals surface area contributed by atoms with Crippen molar-refractivity contribution in [3.8, 4) is 0 Å². The Balaban J connectivity index is 1.65. The molecule has 28 heavy (non-hydrogen) atoms. The van der Waals surface area contributed by atoms with Gasteiger partial charge in [-0.15, -0.1) is 0 Å². The minimum absolute atomic E-state index is 0.0183. The maximum Gasteiger partial charge on any atom is 0.311 e. The molecule has 7 heteroatoms. The topological polar surface area (TPSA) is 98.5 Å². The van der Waals surface area contributed by atoms with E-state index in [4.69, 9.17) is 4.74 Å². The van der Waals surface area contributed by atoms with E-state index in [2.05, 4.69) is 5.32 Å². The maximum absolute atomic E-state index is 12.3. The number of anilines is 1. The van der Waals surface area contributed by atoms with E-state index in [0.717, 1.165) is 16.3 Å². The SMILES string of the molecule is C[C@@H](OC(=O)Cc1cccc2ccccc12)C(=O)Nc1ccccc1[N+](=O)[O-]. The largest absolute Gasteiger partial charge is 0.452 e. The Morgan fingerprint density at radius 2 is 1.71 bits per heavy atom. The molecule has 142 valence electrons. The molecule has 0 aliphatic carbocycles. The molecule has 3 aromatic carbocycles. The first-order valence-corrected chi connectivity index (χ1v) is 8.66. The lowest BCUT2D eigenvalue weighted by Crippen LogP contribution is -2.30. The number of carbonyl (C=O) groups excluding carboxylic acids is 2. The third-order valence-corrected chi connectivity index (χ3v) is 4.25. The molecule has 1 N–H and O–H groups in total. The fourth-order valence-electron chi connectivity index (χ4n) is 2.87. The molecular formula is C21H18N2O5. The molecule has 0 heterocycles. The number of nitro groups is 1. The van der Waals surface area contributed by atoms with Crippen molar-refractivity contribution in [2.45, 2.75) is 19.4 Å². The van der Waals surface area contributed by atoms with Crippen LogP contribution in [0.5, 0.6) is 0 Å². The summed E-state index contributed by atoms with van der Waals surface area (Å²) in [4.78, 5) is 35.0. The van der Waals surface area contributed by atoms with Crippen LogP contribution in [0.15, 0.2) is 66.7 Å². The lowest BCUT2D eigenvalue weighted by atomic mass is 10.0. The van der Waals surface area contributed by atoms with Crippen molar-refractivity contribution < 1.29 is 19.2 Å². The number of fused-ring (bicyclic) bond motifs is 1. The Morgan fingerprint density at radius 1 is 1.04 bits per heavy atom. The molecule has 0 aliphatic rings. The Hall–Kier alpha value is -3.74. The molecule has 0 fully saturated rings. The van der Waals surface area contributed by atoms with E-state index in [9.17, 15) is 19.7 Å². The monoisotopic (exact) mass is 378 g/mol. The molecule has 1 amide bonds. The second-order valence-electron chi connectivity index (χ2n) is 6.21. The zero-order valence-corrected chi connectivity index (χ0v) is 15.1. The summed E-state index contributed by atoms with van der Waals surface area (Å²) in [5.41, 5.74) is 0.619. The van der Waals surface area contributed by atoms with Gasteiger partial charge in [-0.3, -0.25) is 19.7 Å². The number of amides is 1. The lowest BCUT2D eigenvalue weighted by Gasteiger charge is -2.14. The first kappa shape index (κ1) is 19.0. The van der Waals surface area contributed by atoms with Crippen LogP contribution in [0, 0.1) is 10.1 Å². The van der Waals surface area contributed by atoms with E-state index in [1.54, 1.807) is 6.07 Å². The summed E-state index contributed by atoms with van der Waals surface area (Å²) in [5.74, 6) is -1.19. The average molecular weight is 378 g/mol. The van der Waals surface area contributed by atoms with Crippen molar-refractivity contribution in [3.63, 3.8) is 0 Å². The molecule has 0 saturated heterocycles. The molecule has 0 radical (unpaired) electrons. The Morgan fingerprint density at radius 3 is 2.50 bits per heavy atom. The van der Waals surface area contributed by atoms with Gasteiger partial charge in [-0.2, -0.15) is 0 Å². The van der Waals surface area contributed by atoms with Crippen molar-refractivity contribution in [2.75, 3.05) is 5.32 Å². The van der Waals surface area contributed by atoms with Gasteiger partial charge in [0.1, 0.15) is 5.69 Å². The number of carbonyl (C=O) groups is 2. The van der Waals surface area contributed by atoms with Crippen molar-refractivity contribution in [2.24, 2.45) is 0 Å². The third-order valence-electron chi connectivity index (χ3n) is 4.25. The quantitative estimate of drug-likeness (QED) is 0.399. The zero-order valence-electron chi connectivity index (χ0n) is 15.1. The number of ether oxygens (including phenoxy) is 1. The van der Waals surface area contributed by atoms with Gasteiger partial charge in [-0.25, -0.2) is 0 Å². The zero-order chi connectivity index (χ0) is 20.1. The minimum Gasteiger partial charge on any atom is -0.452 e. The standard InChI is InChI=1S/C21H18N2O5/c1-14(21(25)22-18-11-4-5-12-19(18)23(26)27)28-20(24)13-16-9-6-8-15-7-2-3-10-17(15)16/h2-12,14H,13H2,1H3,(H,22,25)/t14-/m1/s1. The highest BCUT2D eigenvalue weighted by Crippen LogP contribution is 2.23. The Bertz CT molecular complexity index is 1040. The number of nitrogens with one attached hydrogen (secondary N) is 1. The van der Waals surface area contributed by atoms with Crippen molar-refractivity contribution in [1.29, 1.82) is 0 Å². The van der Waals surface area contributed by atoms with Crippen LogP contribution in [-0.2, 0) is 20.7 Å². The normalized spacial score (nSPS) is 11.6. The van der Waals surface area contributed by atoms with Crippen molar-refractivity contribution in [3.05, 3.63) is 82.4 Å². The minimum atomic E-state index is -1.10. The molecule has 7 nitrogen and oxygen atoms in total. The second-order valence-corrected chi connectivity index (χ2v) is 6.21. The van der Waals surface area contributed by atoms with E-state index in [-0.39, 0.29) is 17.8 Å². The van der Waals surface area contributed by atoms with Crippen LogP contribution in [-0.4, -0.2) is 22.9 Å². The summed E-state index contributed by atoms with van der Waals surface area (Å²) >= 11 is 0. The number of esters is 1. The second kappa shape index (κ2) is 8.30. The molecule has 3 rings (SSSR count). The number of rotatable bonds is 6. The maximum atomic E-state index is 12.3. The fraction of sp³-hybridized carbons (Fsp3) is 0.143. The predicted octanol–water partition coefficient (Wildman–Crippen LogP) is 3.86. The molecule has 0 saturated carbocycles.